The summed E-state index contributed by atoms with van der Waals surface area (Å²) in [7, 11) is 0. The largest absolute Gasteiger partial charge is 0.478 e. The molecule has 1 unspecified atom stereocenters. The molecule has 0 spiro atoms. The summed E-state index contributed by atoms with van der Waals surface area (Å²) >= 11 is 19.8. The van der Waals surface area contributed by atoms with Crippen molar-refractivity contribution in [1.29, 1.82) is 0 Å². The van der Waals surface area contributed by atoms with E-state index in [-0.39, 0.29) is 11.2 Å². The molecule has 1 amide bonds. The molecule has 172 valence electrons. The number of halogens is 3. The summed E-state index contributed by atoms with van der Waals surface area (Å²) in [6.45, 7) is 7.94. The van der Waals surface area contributed by atoms with Crippen LogP contribution in [0.3, 0.4) is 0 Å². The van der Waals surface area contributed by atoms with Gasteiger partial charge >= 0.3 is 0 Å². The molecule has 0 heterocycles. The molecule has 0 aromatic heterocycles. The van der Waals surface area contributed by atoms with Gasteiger partial charge in [0.1, 0.15) is 5.75 Å². The SMILES string of the molecule is CC/C(Cl)=C\C=C(/C)SC(CNC(=O)C(C)(C)Oc1ccc(Cl)cc1)c1ccc(Cl)cc1. The number of hydrogen-bond acceptors (Lipinski definition) is 3. The maximum absolute atomic E-state index is 12.9. The smallest absolute Gasteiger partial charge is 0.263 e. The third-order valence-electron chi connectivity index (χ3n) is 4.59. The number of rotatable bonds is 10. The van der Waals surface area contributed by atoms with E-state index in [1.54, 1.807) is 49.9 Å². The molecule has 1 atom stereocenters. The molecule has 7 heteroatoms. The Hall–Kier alpha value is -1.59. The van der Waals surface area contributed by atoms with Gasteiger partial charge in [0.25, 0.3) is 5.91 Å². The van der Waals surface area contributed by atoms with Crippen LogP contribution in [0.15, 0.2) is 70.6 Å². The Balaban J connectivity index is 2.11. The molecular weight excluding hydrogens is 485 g/mol. The molecule has 32 heavy (non-hydrogen) atoms. The highest BCUT2D eigenvalue weighted by Crippen LogP contribution is 2.35. The molecule has 1 N–H and O–H groups in total. The van der Waals surface area contributed by atoms with Crippen LogP contribution in [0.25, 0.3) is 0 Å². The second kappa shape index (κ2) is 12.6. The maximum Gasteiger partial charge on any atom is 0.263 e. The van der Waals surface area contributed by atoms with Crippen LogP contribution in [0.5, 0.6) is 5.75 Å². The third kappa shape index (κ3) is 8.74. The van der Waals surface area contributed by atoms with Gasteiger partial charge in [-0.05, 0) is 80.1 Å². The number of hydrogen-bond donors (Lipinski definition) is 1. The molecule has 0 saturated carbocycles. The first-order valence-corrected chi connectivity index (χ1v) is 12.3. The Kier molecular flexibility index (Phi) is 10.5. The number of allylic oxidation sites excluding steroid dienone is 4. The molecule has 0 aliphatic carbocycles. The average Bonchev–Trinajstić information content (AvgIpc) is 2.76. The molecule has 2 aromatic rings. The number of carbonyl (C=O) groups is 1. The number of benzene rings is 2. The second-order valence-electron chi connectivity index (χ2n) is 7.68. The fraction of sp³-hybridized carbons (Fsp3) is 0.320. The average molecular weight is 513 g/mol. The number of nitrogens with one attached hydrogen (secondary N) is 1. The van der Waals surface area contributed by atoms with Crippen LogP contribution in [0.4, 0.5) is 0 Å². The highest BCUT2D eigenvalue weighted by Gasteiger charge is 2.30. The lowest BCUT2D eigenvalue weighted by atomic mass is 10.1. The van der Waals surface area contributed by atoms with Crippen molar-refractivity contribution in [3.05, 3.63) is 86.2 Å². The summed E-state index contributed by atoms with van der Waals surface area (Å²) in [5.41, 5.74) is 0.0140. The Morgan fingerprint density at radius 2 is 1.62 bits per heavy atom. The molecule has 0 bridgehead atoms. The van der Waals surface area contributed by atoms with Gasteiger partial charge in [-0.25, -0.2) is 0 Å². The van der Waals surface area contributed by atoms with E-state index < -0.39 is 5.60 Å². The van der Waals surface area contributed by atoms with Crippen molar-refractivity contribution in [2.45, 2.75) is 45.0 Å². The van der Waals surface area contributed by atoms with Gasteiger partial charge in [-0.1, -0.05) is 59.9 Å². The van der Waals surface area contributed by atoms with Crippen LogP contribution in [-0.4, -0.2) is 18.1 Å². The molecule has 3 nitrogen and oxygen atoms in total. The van der Waals surface area contributed by atoms with Crippen LogP contribution >= 0.6 is 46.6 Å². The van der Waals surface area contributed by atoms with Crippen LogP contribution in [-0.2, 0) is 4.79 Å². The summed E-state index contributed by atoms with van der Waals surface area (Å²) in [5.74, 6) is 0.374. The number of ether oxygens (including phenoxy) is 1. The maximum atomic E-state index is 12.9. The number of carbonyl (C=O) groups excluding carboxylic acids is 1. The van der Waals surface area contributed by atoms with Crippen molar-refractivity contribution >= 4 is 52.5 Å². The monoisotopic (exact) mass is 511 g/mol. The van der Waals surface area contributed by atoms with E-state index in [0.717, 1.165) is 21.9 Å². The zero-order valence-electron chi connectivity index (χ0n) is 18.6. The fourth-order valence-corrected chi connectivity index (χ4v) is 4.11. The molecule has 2 aromatic carbocycles. The molecule has 0 aliphatic heterocycles. The minimum Gasteiger partial charge on any atom is -0.478 e. The van der Waals surface area contributed by atoms with E-state index in [1.165, 1.54) is 0 Å². The van der Waals surface area contributed by atoms with Gasteiger partial charge in [-0.2, -0.15) is 0 Å². The zero-order valence-corrected chi connectivity index (χ0v) is 21.7. The first-order chi connectivity index (χ1) is 15.1. The topological polar surface area (TPSA) is 38.3 Å². The Morgan fingerprint density at radius 3 is 2.19 bits per heavy atom. The van der Waals surface area contributed by atoms with Crippen LogP contribution in [0.2, 0.25) is 10.0 Å². The van der Waals surface area contributed by atoms with E-state index in [2.05, 4.69) is 5.32 Å². The van der Waals surface area contributed by atoms with Gasteiger partial charge in [0.15, 0.2) is 5.60 Å². The van der Waals surface area contributed by atoms with Gasteiger partial charge < -0.3 is 10.1 Å². The van der Waals surface area contributed by atoms with Gasteiger partial charge in [-0.3, -0.25) is 4.79 Å². The van der Waals surface area contributed by atoms with E-state index >= 15 is 0 Å². The highest BCUT2D eigenvalue weighted by molar-refractivity contribution is 8.03. The quantitative estimate of drug-likeness (QED) is 0.326. The number of amides is 1. The summed E-state index contributed by atoms with van der Waals surface area (Å²) in [5, 5.41) is 5.11. The van der Waals surface area contributed by atoms with Gasteiger partial charge in [0, 0.05) is 21.6 Å². The van der Waals surface area contributed by atoms with E-state index in [4.69, 9.17) is 39.5 Å². The van der Waals surface area contributed by atoms with Crippen LogP contribution < -0.4 is 10.1 Å². The zero-order chi connectivity index (χ0) is 23.7. The van der Waals surface area contributed by atoms with Crippen LogP contribution in [0.1, 0.15) is 44.9 Å². The first-order valence-electron chi connectivity index (χ1n) is 10.3. The van der Waals surface area contributed by atoms with Crippen molar-refractivity contribution < 1.29 is 9.53 Å². The summed E-state index contributed by atoms with van der Waals surface area (Å²) in [6.07, 6.45) is 4.69. The lowest BCUT2D eigenvalue weighted by Crippen LogP contribution is -2.47. The molecule has 0 fully saturated rings. The summed E-state index contributed by atoms with van der Waals surface area (Å²) in [6, 6.07) is 14.6. The Labute approximate surface area is 210 Å². The Morgan fingerprint density at radius 1 is 1.06 bits per heavy atom. The van der Waals surface area contributed by atoms with Gasteiger partial charge in [0.05, 0.1) is 5.25 Å². The molecule has 0 radical (unpaired) electrons. The molecular formula is C25H28Cl3NO2S. The minimum absolute atomic E-state index is 0.00685. The highest BCUT2D eigenvalue weighted by atomic mass is 35.5. The van der Waals surface area contributed by atoms with Crippen molar-refractivity contribution in [2.75, 3.05) is 6.54 Å². The van der Waals surface area contributed by atoms with E-state index in [0.29, 0.717) is 22.3 Å². The lowest BCUT2D eigenvalue weighted by Gasteiger charge is -2.27. The standard InChI is InChI=1S/C25H28Cl3NO2S/c1-5-19(26)9-6-17(2)32-23(18-7-10-20(27)11-8-18)16-29-24(30)25(3,4)31-22-14-12-21(28)13-15-22/h6-15,23H,5,16H2,1-4H3,(H,29,30)/b17-6+,19-9+. The Bertz CT molecular complexity index is 954. The molecule has 2 rings (SSSR count). The second-order valence-corrected chi connectivity index (χ2v) is 10.5. The van der Waals surface area contributed by atoms with Crippen molar-refractivity contribution in [3.63, 3.8) is 0 Å². The first kappa shape index (κ1) is 26.7. The molecule has 0 aliphatic rings. The predicted molar refractivity (Wildman–Crippen MR) is 139 cm³/mol. The van der Waals surface area contributed by atoms with Crippen molar-refractivity contribution in [2.24, 2.45) is 0 Å². The third-order valence-corrected chi connectivity index (χ3v) is 6.72. The number of thioether (sulfide) groups is 1. The summed E-state index contributed by atoms with van der Waals surface area (Å²) < 4.78 is 5.90. The lowest BCUT2D eigenvalue weighted by molar-refractivity contribution is -0.134. The summed E-state index contributed by atoms with van der Waals surface area (Å²) in [4.78, 5) is 14.0. The van der Waals surface area contributed by atoms with E-state index in [1.807, 2.05) is 50.3 Å². The van der Waals surface area contributed by atoms with E-state index in [9.17, 15) is 4.79 Å². The minimum atomic E-state index is -1.05. The van der Waals surface area contributed by atoms with Crippen molar-refractivity contribution in [3.8, 4) is 5.75 Å². The van der Waals surface area contributed by atoms with Gasteiger partial charge in [-0.15, -0.1) is 11.8 Å². The van der Waals surface area contributed by atoms with Crippen LogP contribution in [0, 0.1) is 0 Å². The van der Waals surface area contributed by atoms with Crippen molar-refractivity contribution in [1.82, 2.24) is 5.32 Å². The molecule has 0 saturated heterocycles. The fourth-order valence-electron chi connectivity index (χ4n) is 2.74. The normalized spacial score (nSPS) is 13.6. The van der Waals surface area contributed by atoms with Gasteiger partial charge in [0.2, 0.25) is 0 Å². The predicted octanol–water partition coefficient (Wildman–Crippen LogP) is 8.18.